The molecule has 1 N–H and O–H groups in total. The van der Waals surface area contributed by atoms with Crippen molar-refractivity contribution in [2.75, 3.05) is 13.6 Å². The summed E-state index contributed by atoms with van der Waals surface area (Å²) in [5.41, 5.74) is 1.31. The molecule has 0 fully saturated rings. The zero-order valence-electron chi connectivity index (χ0n) is 9.92. The lowest BCUT2D eigenvalue weighted by Crippen LogP contribution is -2.22. The van der Waals surface area contributed by atoms with Crippen LogP contribution in [-0.2, 0) is 6.54 Å². The Morgan fingerprint density at radius 2 is 2.20 bits per heavy atom. The molecular formula is C11H20BrN3. The second-order valence-corrected chi connectivity index (χ2v) is 4.87. The molecule has 0 aliphatic rings. The minimum Gasteiger partial charge on any atom is -0.319 e. The highest BCUT2D eigenvalue weighted by atomic mass is 79.9. The summed E-state index contributed by atoms with van der Waals surface area (Å²) in [5, 5.41) is 7.57. The van der Waals surface area contributed by atoms with E-state index < -0.39 is 0 Å². The minimum absolute atomic E-state index is 0.509. The van der Waals surface area contributed by atoms with E-state index in [0.29, 0.717) is 11.8 Å². The van der Waals surface area contributed by atoms with Crippen LogP contribution in [-0.4, -0.2) is 23.4 Å². The van der Waals surface area contributed by atoms with E-state index in [0.717, 1.165) is 17.6 Å². The highest BCUT2D eigenvalue weighted by Crippen LogP contribution is 2.29. The molecule has 4 heteroatoms. The molecule has 0 bridgehead atoms. The Labute approximate surface area is 100 Å². The standard InChI is InChI=1S/C11H20BrN3/c1-5-15-11(10(12)7-14-15)9(3)8(2)6-13-4/h7-9,13H,5-6H2,1-4H3. The lowest BCUT2D eigenvalue weighted by atomic mass is 9.92. The Hall–Kier alpha value is -0.350. The van der Waals surface area contributed by atoms with Gasteiger partial charge >= 0.3 is 0 Å². The molecule has 2 unspecified atom stereocenters. The Morgan fingerprint density at radius 1 is 1.53 bits per heavy atom. The number of hydrogen-bond donors (Lipinski definition) is 1. The van der Waals surface area contributed by atoms with Gasteiger partial charge in [0.1, 0.15) is 0 Å². The van der Waals surface area contributed by atoms with Crippen molar-refractivity contribution < 1.29 is 0 Å². The molecule has 86 valence electrons. The van der Waals surface area contributed by atoms with Crippen LogP contribution in [0.5, 0.6) is 0 Å². The van der Waals surface area contributed by atoms with E-state index in [4.69, 9.17) is 0 Å². The van der Waals surface area contributed by atoms with Gasteiger partial charge in [0, 0.05) is 12.5 Å². The third kappa shape index (κ3) is 2.82. The van der Waals surface area contributed by atoms with Crippen molar-refractivity contribution in [1.82, 2.24) is 15.1 Å². The largest absolute Gasteiger partial charge is 0.319 e. The molecule has 0 spiro atoms. The predicted octanol–water partition coefficient (Wildman–Crippen LogP) is 2.62. The summed E-state index contributed by atoms with van der Waals surface area (Å²) >= 11 is 3.57. The van der Waals surface area contributed by atoms with Crippen LogP contribution in [0.2, 0.25) is 0 Å². The lowest BCUT2D eigenvalue weighted by molar-refractivity contribution is 0.435. The number of aryl methyl sites for hydroxylation is 1. The summed E-state index contributed by atoms with van der Waals surface area (Å²) in [5.74, 6) is 1.11. The maximum atomic E-state index is 4.35. The highest BCUT2D eigenvalue weighted by molar-refractivity contribution is 9.10. The van der Waals surface area contributed by atoms with E-state index in [9.17, 15) is 0 Å². The van der Waals surface area contributed by atoms with Crippen molar-refractivity contribution in [1.29, 1.82) is 0 Å². The third-order valence-corrected chi connectivity index (χ3v) is 3.55. The molecular weight excluding hydrogens is 254 g/mol. The molecule has 0 radical (unpaired) electrons. The van der Waals surface area contributed by atoms with Crippen LogP contribution >= 0.6 is 15.9 Å². The van der Waals surface area contributed by atoms with Crippen LogP contribution in [0.4, 0.5) is 0 Å². The minimum atomic E-state index is 0.509. The van der Waals surface area contributed by atoms with Gasteiger partial charge in [0.05, 0.1) is 16.4 Å². The van der Waals surface area contributed by atoms with Gasteiger partial charge in [0.25, 0.3) is 0 Å². The molecule has 2 atom stereocenters. The molecule has 3 nitrogen and oxygen atoms in total. The van der Waals surface area contributed by atoms with Gasteiger partial charge in [0.15, 0.2) is 0 Å². The Kier molecular flexibility index (Phi) is 4.80. The van der Waals surface area contributed by atoms with Gasteiger partial charge in [-0.05, 0) is 42.4 Å². The molecule has 1 heterocycles. The Morgan fingerprint density at radius 3 is 2.73 bits per heavy atom. The fourth-order valence-electron chi connectivity index (χ4n) is 1.84. The summed E-state index contributed by atoms with van der Waals surface area (Å²) in [6, 6.07) is 0. The van der Waals surface area contributed by atoms with Crippen LogP contribution in [0, 0.1) is 5.92 Å². The maximum absolute atomic E-state index is 4.35. The number of hydrogen-bond acceptors (Lipinski definition) is 2. The molecule has 0 saturated carbocycles. The smallest absolute Gasteiger partial charge is 0.0635 e. The van der Waals surface area contributed by atoms with Crippen LogP contribution in [0.3, 0.4) is 0 Å². The second kappa shape index (κ2) is 5.66. The van der Waals surface area contributed by atoms with Crippen molar-refractivity contribution in [3.63, 3.8) is 0 Å². The van der Waals surface area contributed by atoms with Gasteiger partial charge in [-0.15, -0.1) is 0 Å². The molecule has 0 aliphatic carbocycles. The van der Waals surface area contributed by atoms with Crippen molar-refractivity contribution in [3.05, 3.63) is 16.4 Å². The maximum Gasteiger partial charge on any atom is 0.0635 e. The van der Waals surface area contributed by atoms with E-state index in [1.165, 1.54) is 5.69 Å². The van der Waals surface area contributed by atoms with Crippen LogP contribution in [0.15, 0.2) is 10.7 Å². The van der Waals surface area contributed by atoms with Crippen molar-refractivity contribution in [3.8, 4) is 0 Å². The molecule has 0 aliphatic heterocycles. The summed E-state index contributed by atoms with van der Waals surface area (Å²) in [6.07, 6.45) is 1.89. The highest BCUT2D eigenvalue weighted by Gasteiger charge is 2.20. The molecule has 1 rings (SSSR count). The first-order valence-electron chi connectivity index (χ1n) is 5.47. The fraction of sp³-hybridized carbons (Fsp3) is 0.727. The number of rotatable bonds is 5. The average molecular weight is 274 g/mol. The zero-order valence-corrected chi connectivity index (χ0v) is 11.5. The van der Waals surface area contributed by atoms with Crippen molar-refractivity contribution >= 4 is 15.9 Å². The van der Waals surface area contributed by atoms with Gasteiger partial charge in [0.2, 0.25) is 0 Å². The average Bonchev–Trinajstić information content (AvgIpc) is 2.58. The number of aromatic nitrogens is 2. The predicted molar refractivity (Wildman–Crippen MR) is 67.1 cm³/mol. The van der Waals surface area contributed by atoms with Crippen LogP contribution in [0.25, 0.3) is 0 Å². The van der Waals surface area contributed by atoms with Gasteiger partial charge in [-0.2, -0.15) is 5.10 Å². The van der Waals surface area contributed by atoms with Gasteiger partial charge in [-0.25, -0.2) is 0 Å². The van der Waals surface area contributed by atoms with Crippen LogP contribution in [0.1, 0.15) is 32.4 Å². The molecule has 1 aromatic rings. The van der Waals surface area contributed by atoms with Gasteiger partial charge < -0.3 is 5.32 Å². The quantitative estimate of drug-likeness (QED) is 0.894. The summed E-state index contributed by atoms with van der Waals surface area (Å²) in [4.78, 5) is 0. The lowest BCUT2D eigenvalue weighted by Gasteiger charge is -2.21. The SMILES string of the molecule is CCn1ncc(Br)c1C(C)C(C)CNC. The third-order valence-electron chi connectivity index (χ3n) is 2.94. The van der Waals surface area contributed by atoms with Gasteiger partial charge in [-0.1, -0.05) is 13.8 Å². The Balaban J connectivity index is 2.88. The summed E-state index contributed by atoms with van der Waals surface area (Å²) in [7, 11) is 2.00. The van der Waals surface area contributed by atoms with Gasteiger partial charge in [-0.3, -0.25) is 4.68 Å². The van der Waals surface area contributed by atoms with E-state index >= 15 is 0 Å². The van der Waals surface area contributed by atoms with E-state index in [-0.39, 0.29) is 0 Å². The van der Waals surface area contributed by atoms with Crippen LogP contribution < -0.4 is 5.32 Å². The molecule has 0 amide bonds. The second-order valence-electron chi connectivity index (χ2n) is 4.02. The van der Waals surface area contributed by atoms with Crippen molar-refractivity contribution in [2.24, 2.45) is 5.92 Å². The first-order chi connectivity index (χ1) is 7.11. The van der Waals surface area contributed by atoms with E-state index in [1.54, 1.807) is 0 Å². The first-order valence-corrected chi connectivity index (χ1v) is 6.26. The molecule has 1 aromatic heterocycles. The normalized spacial score (nSPS) is 15.3. The summed E-state index contributed by atoms with van der Waals surface area (Å²) < 4.78 is 3.20. The topological polar surface area (TPSA) is 29.9 Å². The number of halogens is 1. The first kappa shape index (κ1) is 12.7. The number of nitrogens with zero attached hydrogens (tertiary/aromatic N) is 2. The Bertz CT molecular complexity index is 309. The van der Waals surface area contributed by atoms with E-state index in [2.05, 4.69) is 51.8 Å². The fourth-order valence-corrected chi connectivity index (χ4v) is 2.50. The molecule has 0 aromatic carbocycles. The van der Waals surface area contributed by atoms with E-state index in [1.807, 2.05) is 13.2 Å². The zero-order chi connectivity index (χ0) is 11.4. The number of nitrogens with one attached hydrogen (secondary N) is 1. The molecule has 0 saturated heterocycles. The van der Waals surface area contributed by atoms with Crippen molar-refractivity contribution in [2.45, 2.75) is 33.2 Å². The molecule has 15 heavy (non-hydrogen) atoms. The monoisotopic (exact) mass is 273 g/mol. The summed E-state index contributed by atoms with van der Waals surface area (Å²) in [6.45, 7) is 8.61.